The Labute approximate surface area is 136 Å². The number of anilines is 1. The highest BCUT2D eigenvalue weighted by atomic mass is 35.5. The quantitative estimate of drug-likeness (QED) is 0.873. The Morgan fingerprint density at radius 2 is 2.14 bits per heavy atom. The van der Waals surface area contributed by atoms with E-state index >= 15 is 0 Å². The Balaban J connectivity index is 0.00000176. The van der Waals surface area contributed by atoms with Gasteiger partial charge in [-0.05, 0) is 25.6 Å². The minimum atomic E-state index is -0.629. The van der Waals surface area contributed by atoms with Crippen molar-refractivity contribution in [3.63, 3.8) is 0 Å². The summed E-state index contributed by atoms with van der Waals surface area (Å²) in [7, 11) is 3.80. The highest BCUT2D eigenvalue weighted by molar-refractivity contribution is 5.98. The maximum absolute atomic E-state index is 12.1. The second-order valence-electron chi connectivity index (χ2n) is 5.74. The lowest BCUT2D eigenvalue weighted by Crippen LogP contribution is -2.43. The number of ether oxygens (including phenoxy) is 2. The third-order valence-corrected chi connectivity index (χ3v) is 4.01. The molecule has 0 spiro atoms. The van der Waals surface area contributed by atoms with Gasteiger partial charge < -0.3 is 25.0 Å². The second kappa shape index (κ2) is 6.73. The summed E-state index contributed by atoms with van der Waals surface area (Å²) in [4.78, 5) is 15.9. The maximum atomic E-state index is 12.1. The van der Waals surface area contributed by atoms with E-state index in [4.69, 9.17) is 15.2 Å². The Bertz CT molecular complexity index is 555. The number of nitrogens with zero attached hydrogens (tertiary/aromatic N) is 2. The largest absolute Gasteiger partial charge is 0.489 e. The van der Waals surface area contributed by atoms with Crippen LogP contribution in [0.3, 0.4) is 0 Å². The third-order valence-electron chi connectivity index (χ3n) is 4.01. The molecule has 2 heterocycles. The summed E-state index contributed by atoms with van der Waals surface area (Å²) in [6.45, 7) is 2.17. The van der Waals surface area contributed by atoms with E-state index in [1.165, 1.54) is 0 Å². The molecule has 3 rings (SSSR count). The van der Waals surface area contributed by atoms with E-state index in [1.54, 1.807) is 11.9 Å². The lowest BCUT2D eigenvalue weighted by Gasteiger charge is -2.20. The first-order valence-corrected chi connectivity index (χ1v) is 7.20. The number of hydrogen-bond acceptors (Lipinski definition) is 5. The van der Waals surface area contributed by atoms with Crippen molar-refractivity contribution in [1.82, 2.24) is 4.90 Å². The average molecular weight is 328 g/mol. The highest BCUT2D eigenvalue weighted by Gasteiger charge is 2.27. The normalized spacial score (nSPS) is 25.0. The molecule has 1 saturated heterocycles. The van der Waals surface area contributed by atoms with Gasteiger partial charge in [0.25, 0.3) is 0 Å². The van der Waals surface area contributed by atoms with Crippen LogP contribution in [0.25, 0.3) is 0 Å². The van der Waals surface area contributed by atoms with Gasteiger partial charge in [-0.25, -0.2) is 0 Å². The van der Waals surface area contributed by atoms with Crippen LogP contribution in [0.15, 0.2) is 18.2 Å². The molecule has 0 saturated carbocycles. The first kappa shape index (κ1) is 16.9. The average Bonchev–Trinajstić information content (AvgIpc) is 2.84. The number of benzene rings is 1. The number of halogens is 1. The van der Waals surface area contributed by atoms with Crippen LogP contribution in [-0.2, 0) is 4.79 Å². The van der Waals surface area contributed by atoms with Gasteiger partial charge in [-0.3, -0.25) is 4.79 Å². The summed E-state index contributed by atoms with van der Waals surface area (Å²) in [6.07, 6.45) is 1.21. The Morgan fingerprint density at radius 3 is 2.82 bits per heavy atom. The van der Waals surface area contributed by atoms with Crippen molar-refractivity contribution in [3.8, 4) is 11.5 Å². The molecule has 1 fully saturated rings. The molecule has 2 aliphatic rings. The monoisotopic (exact) mass is 327 g/mol. The van der Waals surface area contributed by atoms with Crippen LogP contribution >= 0.6 is 12.4 Å². The van der Waals surface area contributed by atoms with Gasteiger partial charge in [0.15, 0.2) is 0 Å². The lowest BCUT2D eigenvalue weighted by molar-refractivity contribution is -0.119. The van der Waals surface area contributed by atoms with Crippen molar-refractivity contribution in [3.05, 3.63) is 18.2 Å². The fourth-order valence-corrected chi connectivity index (χ4v) is 2.76. The van der Waals surface area contributed by atoms with Crippen LogP contribution in [0.5, 0.6) is 11.5 Å². The summed E-state index contributed by atoms with van der Waals surface area (Å²) in [5.41, 5.74) is 6.49. The number of carbonyl (C=O) groups excluding carboxylic acids is 1. The molecular formula is C15H22ClN3O3. The zero-order chi connectivity index (χ0) is 15.0. The van der Waals surface area contributed by atoms with Gasteiger partial charge in [0.1, 0.15) is 30.3 Å². The second-order valence-corrected chi connectivity index (χ2v) is 5.74. The third kappa shape index (κ3) is 3.29. The Kier molecular flexibility index (Phi) is 5.16. The molecule has 122 valence electrons. The molecule has 6 nitrogen and oxygen atoms in total. The molecule has 2 atom stereocenters. The molecule has 0 unspecified atom stereocenters. The van der Waals surface area contributed by atoms with Crippen molar-refractivity contribution in [2.24, 2.45) is 5.73 Å². The molecule has 0 aromatic heterocycles. The van der Waals surface area contributed by atoms with Gasteiger partial charge in [-0.2, -0.15) is 0 Å². The van der Waals surface area contributed by atoms with E-state index < -0.39 is 6.04 Å². The first-order valence-electron chi connectivity index (χ1n) is 7.20. The molecule has 7 heteroatoms. The van der Waals surface area contributed by atoms with Crippen LogP contribution < -0.4 is 20.1 Å². The molecule has 22 heavy (non-hydrogen) atoms. The van der Waals surface area contributed by atoms with Gasteiger partial charge in [-0.15, -0.1) is 12.4 Å². The molecule has 0 aliphatic carbocycles. The Morgan fingerprint density at radius 1 is 1.36 bits per heavy atom. The van der Waals surface area contributed by atoms with E-state index in [1.807, 2.05) is 18.2 Å². The molecular weight excluding hydrogens is 306 g/mol. The fourth-order valence-electron chi connectivity index (χ4n) is 2.76. The summed E-state index contributed by atoms with van der Waals surface area (Å²) in [5.74, 6) is 1.27. The number of nitrogens with two attached hydrogens (primary N) is 1. The number of likely N-dealkylation sites (N-methyl/N-ethyl adjacent to an activating group) is 2. The summed E-state index contributed by atoms with van der Waals surface area (Å²) >= 11 is 0. The molecule has 2 N–H and O–H groups in total. The maximum Gasteiger partial charge on any atom is 0.247 e. The molecule has 1 aromatic rings. The minimum absolute atomic E-state index is 0. The first-order chi connectivity index (χ1) is 10.0. The lowest BCUT2D eigenvalue weighted by atomic mass is 10.2. The van der Waals surface area contributed by atoms with Gasteiger partial charge in [-0.1, -0.05) is 0 Å². The van der Waals surface area contributed by atoms with Crippen molar-refractivity contribution >= 4 is 24.0 Å². The van der Waals surface area contributed by atoms with E-state index in [-0.39, 0.29) is 31.0 Å². The predicted molar refractivity (Wildman–Crippen MR) is 87.1 cm³/mol. The number of carbonyl (C=O) groups is 1. The fraction of sp³-hybridized carbons (Fsp3) is 0.533. The van der Waals surface area contributed by atoms with E-state index in [0.29, 0.717) is 11.4 Å². The molecule has 1 amide bonds. The van der Waals surface area contributed by atoms with E-state index in [2.05, 4.69) is 11.9 Å². The molecule has 0 bridgehead atoms. The van der Waals surface area contributed by atoms with Crippen LogP contribution in [-0.4, -0.2) is 56.7 Å². The zero-order valence-corrected chi connectivity index (χ0v) is 13.6. The van der Waals surface area contributed by atoms with Gasteiger partial charge >= 0.3 is 0 Å². The number of rotatable bonds is 2. The summed E-state index contributed by atoms with van der Waals surface area (Å²) in [5, 5.41) is 0. The summed E-state index contributed by atoms with van der Waals surface area (Å²) in [6, 6.07) is 4.94. The van der Waals surface area contributed by atoms with Gasteiger partial charge in [0.05, 0.1) is 5.69 Å². The van der Waals surface area contributed by atoms with Gasteiger partial charge in [0.2, 0.25) is 5.91 Å². The number of hydrogen-bond donors (Lipinski definition) is 1. The topological polar surface area (TPSA) is 68.0 Å². The number of fused-ring (bicyclic) bond motifs is 1. The zero-order valence-electron chi connectivity index (χ0n) is 12.8. The molecule has 2 aliphatic heterocycles. The van der Waals surface area contributed by atoms with Crippen LogP contribution in [0.2, 0.25) is 0 Å². The molecule has 0 radical (unpaired) electrons. The Hall–Kier alpha value is -1.50. The van der Waals surface area contributed by atoms with Crippen molar-refractivity contribution in [1.29, 1.82) is 0 Å². The van der Waals surface area contributed by atoms with Crippen molar-refractivity contribution < 1.29 is 14.3 Å². The van der Waals surface area contributed by atoms with Crippen LogP contribution in [0, 0.1) is 0 Å². The van der Waals surface area contributed by atoms with Crippen molar-refractivity contribution in [2.75, 3.05) is 38.7 Å². The van der Waals surface area contributed by atoms with E-state index in [0.717, 1.165) is 25.3 Å². The van der Waals surface area contributed by atoms with Crippen molar-refractivity contribution in [2.45, 2.75) is 18.6 Å². The smallest absolute Gasteiger partial charge is 0.247 e. The highest BCUT2D eigenvalue weighted by Crippen LogP contribution is 2.34. The minimum Gasteiger partial charge on any atom is -0.489 e. The van der Waals surface area contributed by atoms with E-state index in [9.17, 15) is 4.79 Å². The van der Waals surface area contributed by atoms with Crippen LogP contribution in [0.1, 0.15) is 6.42 Å². The summed E-state index contributed by atoms with van der Waals surface area (Å²) < 4.78 is 11.6. The number of amides is 1. The SMILES string of the molecule is CN1CC[C@@H](Oc2ccc3c(c2)N(C)C(=O)[C@@H](N)CO3)C1.Cl. The van der Waals surface area contributed by atoms with Gasteiger partial charge in [0, 0.05) is 26.2 Å². The predicted octanol–water partition coefficient (Wildman–Crippen LogP) is 0.874. The standard InChI is InChI=1S/C15H21N3O3.ClH/c1-17-6-5-11(8-17)21-10-3-4-14-13(7-10)18(2)15(19)12(16)9-20-14;/h3-4,7,11-12H,5-6,8-9,16H2,1-2H3;1H/t11-,12+;/m1./s1. The van der Waals surface area contributed by atoms with Crippen LogP contribution in [0.4, 0.5) is 5.69 Å². The molecule has 1 aromatic carbocycles. The number of likely N-dealkylation sites (tertiary alicyclic amines) is 1.